The number of nitrogens with zero attached hydrogens (tertiary/aromatic N) is 5. The molecule has 576 valence electrons. The van der Waals surface area contributed by atoms with Gasteiger partial charge in [-0.15, -0.1) is 5.10 Å². The summed E-state index contributed by atoms with van der Waals surface area (Å²) in [7, 11) is -0.993. The molecule has 1 saturated carbocycles. The molecule has 11 unspecified atom stereocenters. The fourth-order valence-corrected chi connectivity index (χ4v) is 14.0. The molecule has 31 nitrogen and oxygen atoms in total. The largest absolute Gasteiger partial charge is 0.490 e. The number of ether oxygens (including phenoxy) is 3. The predicted molar refractivity (Wildman–Crippen MR) is 392 cm³/mol. The molecule has 12 rings (SSSR count). The number of hydrogen-bond acceptors (Lipinski definition) is 20. The number of aliphatic hydroxyl groups is 1. The van der Waals surface area contributed by atoms with Crippen LogP contribution in [0, 0.1) is 5.41 Å². The lowest BCUT2D eigenvalue weighted by atomic mass is 9.85. The second-order valence-electron chi connectivity index (χ2n) is 29.0. The van der Waals surface area contributed by atoms with E-state index < -0.39 is 152 Å². The summed E-state index contributed by atoms with van der Waals surface area (Å²) in [6, 6.07) is 17.0. The standard InChI is InChI=1S/C75H98N14O17S/c1-44(76-8)65(92)78-38-63(91)87-40-56-36-61(87)70(97)80-58(30-21-47-13-12-14-52(33-47)51-22-15-50(41-90)16-23-51)68(95)81-59(69(96)85-107(102,103)57-28-29-57)34-48-19-26-55(27-20-48)106-42-53-39-89(86-84-53)75(7)37-62(88(43-75)72(99)64(74(4,5)6)83-66(93)45(2)77-9)71(98)79-46(3)67(94)82-60(73(100)101)35-49-17-24-54(25-18-49)104-31-10-11-32-105-56/h10-20,22-27,33,39,44-46,56-62,64,76-77,90H,21,28-32,34-38,40-43H2,1-9H3,(H,78,92)(H,79,98)(H,80,97)(H,81,95)(H,82,94)(H,83,93)(H,85,96)(H,100,101). The highest BCUT2D eigenvalue weighted by atomic mass is 32.2. The van der Waals surface area contributed by atoms with Crippen molar-refractivity contribution in [2.75, 3.05) is 46.9 Å². The lowest BCUT2D eigenvalue weighted by Crippen LogP contribution is -2.60. The first-order chi connectivity index (χ1) is 50.8. The molecule has 9 amide bonds. The number of hydrogen-bond donors (Lipinski definition) is 11. The number of carboxylic acids is 1. The summed E-state index contributed by atoms with van der Waals surface area (Å²) in [6.07, 6.45) is 4.44. The van der Waals surface area contributed by atoms with Crippen molar-refractivity contribution in [1.29, 1.82) is 0 Å². The Morgan fingerprint density at radius 3 is 1.99 bits per heavy atom. The van der Waals surface area contributed by atoms with Gasteiger partial charge in [0.15, 0.2) is 0 Å². The Balaban J connectivity index is 1.02. The average Bonchev–Trinajstić information content (AvgIpc) is 1.68. The van der Waals surface area contributed by atoms with E-state index in [0.29, 0.717) is 41.2 Å². The molecule has 11 N–H and O–H groups in total. The number of sulfonamides is 1. The molecule has 2 saturated heterocycles. The van der Waals surface area contributed by atoms with Crippen LogP contribution < -0.4 is 56.7 Å². The van der Waals surface area contributed by atoms with Crippen LogP contribution in [0.5, 0.6) is 11.5 Å². The molecule has 32 heteroatoms. The number of carboxylic acid groups (broad SMARTS) is 1. The van der Waals surface area contributed by atoms with Crippen LogP contribution in [0.3, 0.4) is 0 Å². The average molecular weight is 1500 g/mol. The van der Waals surface area contributed by atoms with E-state index >= 15 is 4.79 Å². The molecule has 4 aromatic carbocycles. The number of benzene rings is 4. The Morgan fingerprint density at radius 1 is 0.729 bits per heavy atom. The number of likely N-dealkylation sites (tertiary alicyclic amines) is 2. The van der Waals surface area contributed by atoms with Gasteiger partial charge in [0, 0.05) is 38.8 Å². The molecular formula is C75H98N14O17S. The van der Waals surface area contributed by atoms with E-state index in [1.54, 1.807) is 135 Å². The molecule has 0 radical (unpaired) electrons. The Kier molecular flexibility index (Phi) is 27.2. The highest BCUT2D eigenvalue weighted by Crippen LogP contribution is 2.36. The molecule has 10 bridgehead atoms. The third-order valence-corrected chi connectivity index (χ3v) is 21.4. The summed E-state index contributed by atoms with van der Waals surface area (Å²) >= 11 is 0. The lowest BCUT2D eigenvalue weighted by molar-refractivity contribution is -0.145. The van der Waals surface area contributed by atoms with Crippen LogP contribution in [-0.4, -0.2) is 215 Å². The van der Waals surface area contributed by atoms with E-state index in [1.807, 2.05) is 36.4 Å². The van der Waals surface area contributed by atoms with Crippen molar-refractivity contribution < 1.29 is 80.8 Å². The van der Waals surface area contributed by atoms with Gasteiger partial charge in [-0.2, -0.15) is 0 Å². The van der Waals surface area contributed by atoms with Crippen LogP contribution in [0.4, 0.5) is 0 Å². The van der Waals surface area contributed by atoms with E-state index in [-0.39, 0.29) is 78.0 Å². The minimum Gasteiger partial charge on any atom is -0.490 e. The number of nitrogens with one attached hydrogen (secondary N) is 9. The first kappa shape index (κ1) is 80.9. The van der Waals surface area contributed by atoms with Crippen molar-refractivity contribution in [2.45, 2.75) is 184 Å². The number of aliphatic hydroxyl groups excluding tert-OH is 1. The number of aromatic nitrogens is 3. The van der Waals surface area contributed by atoms with E-state index in [9.17, 15) is 61.8 Å². The molecule has 3 fully saturated rings. The van der Waals surface area contributed by atoms with Gasteiger partial charge in [0.25, 0.3) is 5.91 Å². The third kappa shape index (κ3) is 21.8. The number of amides is 9. The van der Waals surface area contributed by atoms with Gasteiger partial charge < -0.3 is 76.8 Å². The first-order valence-corrected chi connectivity index (χ1v) is 37.3. The maximum Gasteiger partial charge on any atom is 0.326 e. The summed E-state index contributed by atoms with van der Waals surface area (Å²) in [5.74, 6) is -7.01. The Labute approximate surface area is 621 Å². The number of carbonyl (C=O) groups is 10. The summed E-state index contributed by atoms with van der Waals surface area (Å²) in [6.45, 7) is 10.7. The molecule has 6 aliphatic heterocycles. The van der Waals surface area contributed by atoms with Gasteiger partial charge in [0.05, 0.1) is 54.9 Å². The SMILES string of the molecule is CNC(C)C(=O)NCC(=O)N1CC2CC1C(=O)NC(CCc1cccc(-c3ccc(CO)cc3)c1)C(=O)NC(C(=O)NS(=O)(=O)C1CC1)Cc1ccc(cc1)OCc1cn(nn1)C1(C)CC(C(=O)NC(C)C(=O)NC(C(=O)O)Cc3ccc(cc3)OCC=CCO2)N(C(=O)C(NC(=O)C(C)NC)C(C)(C)C)C1. The zero-order valence-corrected chi connectivity index (χ0v) is 62.4. The molecule has 7 aliphatic rings. The first-order valence-electron chi connectivity index (χ1n) is 35.8. The summed E-state index contributed by atoms with van der Waals surface area (Å²) in [5.41, 5.74) is 2.40. The summed E-state index contributed by atoms with van der Waals surface area (Å²) in [5, 5.41) is 50.0. The maximum absolute atomic E-state index is 15.1. The van der Waals surface area contributed by atoms with Crippen LogP contribution >= 0.6 is 0 Å². The van der Waals surface area contributed by atoms with Crippen LogP contribution in [0.15, 0.2) is 115 Å². The summed E-state index contributed by atoms with van der Waals surface area (Å²) < 4.78 is 48.9. The smallest absolute Gasteiger partial charge is 0.326 e. The van der Waals surface area contributed by atoms with Gasteiger partial charge in [0.2, 0.25) is 57.3 Å². The van der Waals surface area contributed by atoms with Crippen LogP contribution in [0.1, 0.15) is 109 Å². The monoisotopic (exact) mass is 1500 g/mol. The van der Waals surface area contributed by atoms with Gasteiger partial charge in [-0.1, -0.05) is 105 Å². The molecule has 11 atom stereocenters. The second kappa shape index (κ2) is 36.0. The highest BCUT2D eigenvalue weighted by molar-refractivity contribution is 7.91. The van der Waals surface area contributed by atoms with Crippen molar-refractivity contribution in [3.8, 4) is 22.6 Å². The fraction of sp³-hybridized carbons (Fsp3) is 0.493. The summed E-state index contributed by atoms with van der Waals surface area (Å²) in [4.78, 5) is 144. The molecule has 5 aromatic rings. The number of rotatable bonds is 17. The Morgan fingerprint density at radius 2 is 1.36 bits per heavy atom. The predicted octanol–water partition coefficient (Wildman–Crippen LogP) is 1.20. The van der Waals surface area contributed by atoms with Crippen molar-refractivity contribution in [3.05, 3.63) is 143 Å². The molecule has 107 heavy (non-hydrogen) atoms. The van der Waals surface area contributed by atoms with Gasteiger partial charge >= 0.3 is 5.97 Å². The van der Waals surface area contributed by atoms with E-state index in [4.69, 9.17) is 14.2 Å². The molecule has 1 aromatic heterocycles. The van der Waals surface area contributed by atoms with Gasteiger partial charge in [0.1, 0.15) is 72.7 Å². The third-order valence-electron chi connectivity index (χ3n) is 19.6. The van der Waals surface area contributed by atoms with Crippen molar-refractivity contribution in [2.24, 2.45) is 5.41 Å². The van der Waals surface area contributed by atoms with E-state index in [0.717, 1.165) is 22.3 Å². The van der Waals surface area contributed by atoms with Gasteiger partial charge in [-0.25, -0.2) is 17.9 Å². The number of likely N-dealkylation sites (N-methyl/N-ethyl adjacent to an activating group) is 2. The normalized spacial score (nSPS) is 23.2. The second-order valence-corrected chi connectivity index (χ2v) is 30.9. The number of aryl methyl sites for hydroxylation is 1. The molecule has 1 aliphatic carbocycles. The zero-order valence-electron chi connectivity index (χ0n) is 61.6. The zero-order chi connectivity index (χ0) is 77.5. The highest BCUT2D eigenvalue weighted by Gasteiger charge is 2.52. The van der Waals surface area contributed by atoms with E-state index in [2.05, 4.69) is 57.6 Å². The van der Waals surface area contributed by atoms with Crippen molar-refractivity contribution in [1.82, 2.24) is 72.1 Å². The topological polar surface area (TPSA) is 418 Å². The number of aliphatic carboxylic acids is 1. The quantitative estimate of drug-likeness (QED) is 0.0583. The minimum atomic E-state index is -4.17. The number of carbonyl (C=O) groups excluding carboxylic acids is 9. The van der Waals surface area contributed by atoms with E-state index in [1.165, 1.54) is 21.4 Å². The fourth-order valence-electron chi connectivity index (χ4n) is 12.7. The molecule has 0 spiro atoms. The van der Waals surface area contributed by atoms with Gasteiger partial charge in [-0.3, -0.25) is 47.9 Å². The van der Waals surface area contributed by atoms with Crippen LogP contribution in [-0.2, 0) is 101 Å². The lowest BCUT2D eigenvalue weighted by Gasteiger charge is -2.36. The minimum absolute atomic E-state index is 0.00667. The van der Waals surface area contributed by atoms with Crippen molar-refractivity contribution >= 4 is 69.2 Å². The Bertz CT molecular complexity index is 4170. The Hall–Kier alpha value is -10.2. The van der Waals surface area contributed by atoms with Crippen LogP contribution in [0.25, 0.3) is 11.1 Å². The molecular weight excluding hydrogens is 1400 g/mol. The molecule has 7 heterocycles. The maximum atomic E-state index is 15.1. The van der Waals surface area contributed by atoms with Crippen molar-refractivity contribution in [3.63, 3.8) is 0 Å². The van der Waals surface area contributed by atoms with Gasteiger partial charge in [-0.05, 0) is 137 Å². The van der Waals surface area contributed by atoms with Crippen LogP contribution in [0.2, 0.25) is 0 Å².